The molecule has 2 rings (SSSR count). The van der Waals surface area contributed by atoms with E-state index in [0.29, 0.717) is 13.1 Å². The molecule has 0 aromatic heterocycles. The number of ether oxygens (including phenoxy) is 2. The van der Waals surface area contributed by atoms with Crippen LogP contribution in [0.25, 0.3) is 0 Å². The van der Waals surface area contributed by atoms with Crippen molar-refractivity contribution in [1.82, 2.24) is 10.2 Å². The normalized spacial score (nSPS) is 18.2. The zero-order valence-electron chi connectivity index (χ0n) is 16.3. The molecule has 2 N–H and O–H groups in total. The Kier molecular flexibility index (Phi) is 7.62. The standard InChI is InChI=1S/C20H30N2O5/c1-20(2,3)27-19(25)22-10-9-16(12-22)17(13-23)21-11-18(24)26-14-15-7-5-4-6-8-15/h4-8,16-17,21,23H,9-14H2,1-3H3/t16-,17-/m0/s1. The van der Waals surface area contributed by atoms with Crippen LogP contribution in [0.3, 0.4) is 0 Å². The van der Waals surface area contributed by atoms with E-state index >= 15 is 0 Å². The van der Waals surface area contributed by atoms with Gasteiger partial charge in [0.05, 0.1) is 13.2 Å². The van der Waals surface area contributed by atoms with Gasteiger partial charge in [-0.15, -0.1) is 0 Å². The van der Waals surface area contributed by atoms with E-state index in [9.17, 15) is 14.7 Å². The summed E-state index contributed by atoms with van der Waals surface area (Å²) in [5, 5.41) is 12.7. The number of aliphatic hydroxyl groups excluding tert-OH is 1. The number of nitrogens with zero attached hydrogens (tertiary/aromatic N) is 1. The molecule has 1 aliphatic rings. The lowest BCUT2D eigenvalue weighted by atomic mass is 10.00. The van der Waals surface area contributed by atoms with Crippen LogP contribution in [0.1, 0.15) is 32.8 Å². The first kappa shape index (κ1) is 21.2. The Labute approximate surface area is 160 Å². The monoisotopic (exact) mass is 378 g/mol. The van der Waals surface area contributed by atoms with E-state index in [0.717, 1.165) is 12.0 Å². The molecule has 2 atom stereocenters. The van der Waals surface area contributed by atoms with Crippen molar-refractivity contribution in [3.8, 4) is 0 Å². The fourth-order valence-electron chi connectivity index (χ4n) is 2.99. The molecule has 1 aromatic carbocycles. The molecule has 1 amide bonds. The van der Waals surface area contributed by atoms with E-state index in [1.54, 1.807) is 4.90 Å². The zero-order valence-corrected chi connectivity index (χ0v) is 16.3. The predicted octanol–water partition coefficient (Wildman–Crippen LogP) is 1.94. The van der Waals surface area contributed by atoms with Gasteiger partial charge in [0.1, 0.15) is 12.2 Å². The third kappa shape index (κ3) is 7.19. The van der Waals surface area contributed by atoms with Gasteiger partial charge in [-0.25, -0.2) is 4.79 Å². The Morgan fingerprint density at radius 1 is 1.30 bits per heavy atom. The number of aliphatic hydroxyl groups is 1. The Bertz CT molecular complexity index is 615. The van der Waals surface area contributed by atoms with Crippen molar-refractivity contribution in [3.05, 3.63) is 35.9 Å². The summed E-state index contributed by atoms with van der Waals surface area (Å²) in [5.41, 5.74) is 0.389. The van der Waals surface area contributed by atoms with Crippen molar-refractivity contribution in [2.45, 2.75) is 45.4 Å². The smallest absolute Gasteiger partial charge is 0.410 e. The number of likely N-dealkylation sites (tertiary alicyclic amines) is 1. The SMILES string of the molecule is CC(C)(C)OC(=O)N1CC[C@H]([C@H](CO)NCC(=O)OCc2ccccc2)C1. The predicted molar refractivity (Wildman–Crippen MR) is 101 cm³/mol. The molecule has 1 aliphatic heterocycles. The summed E-state index contributed by atoms with van der Waals surface area (Å²) in [6.45, 7) is 6.69. The Morgan fingerprint density at radius 3 is 2.63 bits per heavy atom. The number of benzene rings is 1. The molecule has 1 heterocycles. The lowest BCUT2D eigenvalue weighted by Gasteiger charge is -2.26. The van der Waals surface area contributed by atoms with Crippen molar-refractivity contribution < 1.29 is 24.2 Å². The van der Waals surface area contributed by atoms with E-state index < -0.39 is 5.60 Å². The molecule has 27 heavy (non-hydrogen) atoms. The van der Waals surface area contributed by atoms with E-state index in [1.165, 1.54) is 0 Å². The molecule has 0 unspecified atom stereocenters. The van der Waals surface area contributed by atoms with E-state index in [1.807, 2.05) is 51.1 Å². The first-order chi connectivity index (χ1) is 12.8. The van der Waals surface area contributed by atoms with Crippen molar-refractivity contribution in [1.29, 1.82) is 0 Å². The Balaban J connectivity index is 1.75. The maximum Gasteiger partial charge on any atom is 0.410 e. The molecule has 0 spiro atoms. The highest BCUT2D eigenvalue weighted by Gasteiger charge is 2.33. The molecule has 1 fully saturated rings. The van der Waals surface area contributed by atoms with E-state index in [-0.39, 0.29) is 43.8 Å². The highest BCUT2D eigenvalue weighted by atomic mass is 16.6. The lowest BCUT2D eigenvalue weighted by molar-refractivity contribution is -0.144. The molecule has 0 aliphatic carbocycles. The first-order valence-corrected chi connectivity index (χ1v) is 9.30. The molecular weight excluding hydrogens is 348 g/mol. The number of esters is 1. The van der Waals surface area contributed by atoms with Crippen LogP contribution < -0.4 is 5.32 Å². The quantitative estimate of drug-likeness (QED) is 0.705. The van der Waals surface area contributed by atoms with Crippen LogP contribution in [0, 0.1) is 5.92 Å². The van der Waals surface area contributed by atoms with Gasteiger partial charge in [0.2, 0.25) is 0 Å². The summed E-state index contributed by atoms with van der Waals surface area (Å²) in [7, 11) is 0. The van der Waals surface area contributed by atoms with Crippen LogP contribution in [0.2, 0.25) is 0 Å². The first-order valence-electron chi connectivity index (χ1n) is 9.30. The summed E-state index contributed by atoms with van der Waals surface area (Å²) in [6.07, 6.45) is 0.403. The molecule has 0 bridgehead atoms. The minimum Gasteiger partial charge on any atom is -0.460 e. The zero-order chi connectivity index (χ0) is 19.9. The second kappa shape index (κ2) is 9.71. The minimum atomic E-state index is -0.535. The second-order valence-electron chi connectivity index (χ2n) is 7.79. The summed E-state index contributed by atoms with van der Waals surface area (Å²) < 4.78 is 10.6. The number of carbonyl (C=O) groups is 2. The van der Waals surface area contributed by atoms with Crippen molar-refractivity contribution in [2.75, 3.05) is 26.2 Å². The van der Waals surface area contributed by atoms with E-state index in [4.69, 9.17) is 9.47 Å². The Hall–Kier alpha value is -2.12. The number of carbonyl (C=O) groups excluding carboxylic acids is 2. The van der Waals surface area contributed by atoms with Crippen LogP contribution in [0.5, 0.6) is 0 Å². The lowest BCUT2D eigenvalue weighted by Crippen LogP contribution is -2.44. The topological polar surface area (TPSA) is 88.1 Å². The van der Waals surface area contributed by atoms with Crippen LogP contribution in [0.15, 0.2) is 30.3 Å². The summed E-state index contributed by atoms with van der Waals surface area (Å²) in [4.78, 5) is 25.7. The van der Waals surface area contributed by atoms with Gasteiger partial charge in [-0.05, 0) is 38.7 Å². The number of amides is 1. The summed E-state index contributed by atoms with van der Waals surface area (Å²) in [5.74, 6) is -0.316. The van der Waals surface area contributed by atoms with Crippen LogP contribution in [0.4, 0.5) is 4.79 Å². The van der Waals surface area contributed by atoms with Gasteiger partial charge < -0.3 is 24.8 Å². The average molecular weight is 378 g/mol. The van der Waals surface area contributed by atoms with E-state index in [2.05, 4.69) is 5.32 Å². The third-order valence-electron chi connectivity index (χ3n) is 4.39. The maximum absolute atomic E-state index is 12.2. The molecule has 0 radical (unpaired) electrons. The van der Waals surface area contributed by atoms with Gasteiger partial charge in [-0.2, -0.15) is 0 Å². The number of hydrogen-bond donors (Lipinski definition) is 2. The minimum absolute atomic E-state index is 0.0149. The molecular formula is C20H30N2O5. The van der Waals surface area contributed by atoms with Crippen LogP contribution in [-0.4, -0.2) is 60.0 Å². The van der Waals surface area contributed by atoms with Gasteiger partial charge >= 0.3 is 12.1 Å². The molecule has 7 heteroatoms. The van der Waals surface area contributed by atoms with Crippen molar-refractivity contribution in [3.63, 3.8) is 0 Å². The highest BCUT2D eigenvalue weighted by molar-refractivity contribution is 5.71. The highest BCUT2D eigenvalue weighted by Crippen LogP contribution is 2.22. The fourth-order valence-corrected chi connectivity index (χ4v) is 2.99. The second-order valence-corrected chi connectivity index (χ2v) is 7.79. The largest absolute Gasteiger partial charge is 0.460 e. The third-order valence-corrected chi connectivity index (χ3v) is 4.39. The van der Waals surface area contributed by atoms with Crippen molar-refractivity contribution in [2.24, 2.45) is 5.92 Å². The Morgan fingerprint density at radius 2 is 2.00 bits per heavy atom. The molecule has 7 nitrogen and oxygen atoms in total. The van der Waals surface area contributed by atoms with Gasteiger partial charge in [0, 0.05) is 19.1 Å². The van der Waals surface area contributed by atoms with Gasteiger partial charge in [0.25, 0.3) is 0 Å². The number of rotatable bonds is 7. The molecule has 1 saturated heterocycles. The van der Waals surface area contributed by atoms with Gasteiger partial charge in [0.15, 0.2) is 0 Å². The molecule has 0 saturated carbocycles. The molecule has 1 aromatic rings. The number of hydrogen-bond acceptors (Lipinski definition) is 6. The summed E-state index contributed by atoms with van der Waals surface area (Å²) in [6, 6.07) is 9.18. The molecule has 150 valence electrons. The van der Waals surface area contributed by atoms with Gasteiger partial charge in [-0.1, -0.05) is 30.3 Å². The maximum atomic E-state index is 12.2. The number of nitrogens with one attached hydrogen (secondary N) is 1. The summed E-state index contributed by atoms with van der Waals surface area (Å²) >= 11 is 0. The van der Waals surface area contributed by atoms with Crippen molar-refractivity contribution >= 4 is 12.1 Å². The van der Waals surface area contributed by atoms with Crippen LogP contribution >= 0.6 is 0 Å². The fraction of sp³-hybridized carbons (Fsp3) is 0.600. The van der Waals surface area contributed by atoms with Gasteiger partial charge in [-0.3, -0.25) is 4.79 Å². The van der Waals surface area contributed by atoms with Crippen LogP contribution in [-0.2, 0) is 20.9 Å². The average Bonchev–Trinajstić information content (AvgIpc) is 3.10.